The third kappa shape index (κ3) is 5.07. The van der Waals surface area contributed by atoms with Gasteiger partial charge in [0.15, 0.2) is 0 Å². The van der Waals surface area contributed by atoms with Crippen LogP contribution in [0.15, 0.2) is 48.5 Å². The fourth-order valence-corrected chi connectivity index (χ4v) is 3.36. The van der Waals surface area contributed by atoms with Crippen LogP contribution in [0.25, 0.3) is 0 Å². The van der Waals surface area contributed by atoms with E-state index in [1.807, 2.05) is 11.0 Å². The van der Waals surface area contributed by atoms with E-state index >= 15 is 0 Å². The van der Waals surface area contributed by atoms with E-state index in [9.17, 15) is 4.79 Å². The molecule has 0 aromatic heterocycles. The predicted molar refractivity (Wildman–Crippen MR) is 103 cm³/mol. The van der Waals surface area contributed by atoms with Crippen LogP contribution in [0.3, 0.4) is 0 Å². The number of aryl methyl sites for hydroxylation is 2. The van der Waals surface area contributed by atoms with Crippen LogP contribution in [0.1, 0.15) is 16.7 Å². The number of hydrogen-bond donors (Lipinski definition) is 1. The predicted octanol–water partition coefficient (Wildman–Crippen LogP) is 3.06. The van der Waals surface area contributed by atoms with Gasteiger partial charge in [0.25, 0.3) is 0 Å². The fourth-order valence-electron chi connectivity index (χ4n) is 3.36. The van der Waals surface area contributed by atoms with Gasteiger partial charge in [-0.15, -0.1) is 0 Å². The number of hydrogen-bond acceptors (Lipinski definition) is 3. The number of piperazine rings is 1. The first-order valence-electron chi connectivity index (χ1n) is 8.96. The zero-order chi connectivity index (χ0) is 17.6. The molecule has 1 amide bonds. The summed E-state index contributed by atoms with van der Waals surface area (Å²) in [5.74, 6) is 0.179. The fraction of sp³-hybridized carbons (Fsp3) is 0.381. The molecule has 1 N–H and O–H groups in total. The van der Waals surface area contributed by atoms with E-state index in [4.69, 9.17) is 0 Å². The first kappa shape index (κ1) is 17.5. The summed E-state index contributed by atoms with van der Waals surface area (Å²) in [5, 5.41) is 3.27. The monoisotopic (exact) mass is 337 g/mol. The second kappa shape index (κ2) is 8.17. The van der Waals surface area contributed by atoms with E-state index in [2.05, 4.69) is 66.5 Å². The third-order valence-corrected chi connectivity index (χ3v) is 4.64. The van der Waals surface area contributed by atoms with Gasteiger partial charge in [0.05, 0.1) is 6.54 Å². The molecule has 0 unspecified atom stereocenters. The molecule has 2 aromatic rings. The lowest BCUT2D eigenvalue weighted by Crippen LogP contribution is -2.49. The van der Waals surface area contributed by atoms with Crippen molar-refractivity contribution in [1.82, 2.24) is 9.80 Å². The normalized spacial score (nSPS) is 15.2. The van der Waals surface area contributed by atoms with Crippen LogP contribution in [0, 0.1) is 13.8 Å². The minimum absolute atomic E-state index is 0.179. The van der Waals surface area contributed by atoms with Gasteiger partial charge in [0.1, 0.15) is 0 Å². The van der Waals surface area contributed by atoms with Gasteiger partial charge in [-0.1, -0.05) is 36.4 Å². The number of anilines is 1. The molecule has 1 heterocycles. The maximum atomic E-state index is 12.5. The van der Waals surface area contributed by atoms with E-state index in [1.165, 1.54) is 16.7 Å². The molecule has 0 atom stereocenters. The van der Waals surface area contributed by atoms with Crippen molar-refractivity contribution in [2.75, 3.05) is 38.0 Å². The Bertz CT molecular complexity index is 686. The van der Waals surface area contributed by atoms with Crippen LogP contribution in [0.4, 0.5) is 5.69 Å². The second-order valence-electron chi connectivity index (χ2n) is 6.87. The van der Waals surface area contributed by atoms with Crippen LogP contribution in [-0.2, 0) is 11.3 Å². The summed E-state index contributed by atoms with van der Waals surface area (Å²) < 4.78 is 0. The zero-order valence-electron chi connectivity index (χ0n) is 15.2. The van der Waals surface area contributed by atoms with E-state index in [0.717, 1.165) is 38.4 Å². The first-order chi connectivity index (χ1) is 12.1. The molecule has 0 aliphatic carbocycles. The lowest BCUT2D eigenvalue weighted by atomic mass is 10.1. The Hall–Kier alpha value is -2.33. The molecule has 0 bridgehead atoms. The molecule has 1 aliphatic heterocycles. The molecule has 3 rings (SSSR count). The van der Waals surface area contributed by atoms with Gasteiger partial charge in [0.2, 0.25) is 5.91 Å². The van der Waals surface area contributed by atoms with Gasteiger partial charge in [0, 0.05) is 38.4 Å². The van der Waals surface area contributed by atoms with Crippen molar-refractivity contribution in [3.05, 3.63) is 65.2 Å². The topological polar surface area (TPSA) is 35.6 Å². The van der Waals surface area contributed by atoms with E-state index < -0.39 is 0 Å². The van der Waals surface area contributed by atoms with Crippen molar-refractivity contribution < 1.29 is 4.79 Å². The first-order valence-corrected chi connectivity index (χ1v) is 8.96. The van der Waals surface area contributed by atoms with Crippen LogP contribution < -0.4 is 5.32 Å². The van der Waals surface area contributed by atoms with Gasteiger partial charge >= 0.3 is 0 Å². The summed E-state index contributed by atoms with van der Waals surface area (Å²) in [6.07, 6.45) is 0. The maximum Gasteiger partial charge on any atom is 0.241 e. The maximum absolute atomic E-state index is 12.5. The minimum Gasteiger partial charge on any atom is -0.376 e. The highest BCUT2D eigenvalue weighted by atomic mass is 16.2. The highest BCUT2D eigenvalue weighted by Crippen LogP contribution is 2.14. The number of nitrogens with zero attached hydrogens (tertiary/aromatic N) is 2. The van der Waals surface area contributed by atoms with Gasteiger partial charge in [-0.05, 0) is 42.7 Å². The lowest BCUT2D eigenvalue weighted by molar-refractivity contribution is -0.131. The number of carbonyl (C=O) groups is 1. The molecule has 0 radical (unpaired) electrons. The highest BCUT2D eigenvalue weighted by Gasteiger charge is 2.20. The Labute approximate surface area is 150 Å². The lowest BCUT2D eigenvalue weighted by Gasteiger charge is -2.34. The summed E-state index contributed by atoms with van der Waals surface area (Å²) >= 11 is 0. The average Bonchev–Trinajstić information content (AvgIpc) is 2.60. The van der Waals surface area contributed by atoms with Crippen LogP contribution in [0.2, 0.25) is 0 Å². The smallest absolute Gasteiger partial charge is 0.241 e. The molecule has 4 heteroatoms. The molecule has 132 valence electrons. The van der Waals surface area contributed by atoms with Crippen LogP contribution in [0.5, 0.6) is 0 Å². The molecule has 1 fully saturated rings. The number of amides is 1. The van der Waals surface area contributed by atoms with Crippen LogP contribution >= 0.6 is 0 Å². The molecule has 0 saturated carbocycles. The zero-order valence-corrected chi connectivity index (χ0v) is 15.2. The second-order valence-corrected chi connectivity index (χ2v) is 6.87. The molecule has 1 aliphatic rings. The quantitative estimate of drug-likeness (QED) is 0.911. The standard InChI is InChI=1S/C21H27N3O/c1-17-12-18(2)14-20(13-17)22-15-21(25)24-10-8-23(9-11-24)16-19-6-4-3-5-7-19/h3-7,12-14,22H,8-11,15-16H2,1-2H3. The van der Waals surface area contributed by atoms with Gasteiger partial charge in [-0.3, -0.25) is 9.69 Å². The molecule has 1 saturated heterocycles. The Morgan fingerprint density at radius 1 is 0.960 bits per heavy atom. The number of nitrogens with one attached hydrogen (secondary N) is 1. The Morgan fingerprint density at radius 2 is 1.60 bits per heavy atom. The minimum atomic E-state index is 0.179. The number of carbonyl (C=O) groups excluding carboxylic acids is 1. The average molecular weight is 337 g/mol. The van der Waals surface area contributed by atoms with E-state index in [-0.39, 0.29) is 5.91 Å². The summed E-state index contributed by atoms with van der Waals surface area (Å²) in [5.41, 5.74) is 4.78. The Morgan fingerprint density at radius 3 is 2.24 bits per heavy atom. The summed E-state index contributed by atoms with van der Waals surface area (Å²) in [7, 11) is 0. The van der Waals surface area contributed by atoms with Gasteiger partial charge in [-0.2, -0.15) is 0 Å². The number of rotatable bonds is 5. The molecular weight excluding hydrogens is 310 g/mol. The Kier molecular flexibility index (Phi) is 5.71. The molecule has 2 aromatic carbocycles. The van der Waals surface area contributed by atoms with Crippen molar-refractivity contribution in [3.8, 4) is 0 Å². The largest absolute Gasteiger partial charge is 0.376 e. The van der Waals surface area contributed by atoms with E-state index in [0.29, 0.717) is 6.54 Å². The third-order valence-electron chi connectivity index (χ3n) is 4.64. The molecule has 0 spiro atoms. The van der Waals surface area contributed by atoms with Crippen molar-refractivity contribution in [1.29, 1.82) is 0 Å². The van der Waals surface area contributed by atoms with Crippen molar-refractivity contribution >= 4 is 11.6 Å². The highest BCUT2D eigenvalue weighted by molar-refractivity contribution is 5.81. The number of benzene rings is 2. The van der Waals surface area contributed by atoms with Gasteiger partial charge in [-0.25, -0.2) is 0 Å². The van der Waals surface area contributed by atoms with Crippen molar-refractivity contribution in [2.45, 2.75) is 20.4 Å². The molecule has 4 nitrogen and oxygen atoms in total. The molecule has 25 heavy (non-hydrogen) atoms. The summed E-state index contributed by atoms with van der Waals surface area (Å²) in [6.45, 7) is 8.96. The van der Waals surface area contributed by atoms with Crippen LogP contribution in [-0.4, -0.2) is 48.4 Å². The van der Waals surface area contributed by atoms with Crippen molar-refractivity contribution in [3.63, 3.8) is 0 Å². The van der Waals surface area contributed by atoms with E-state index in [1.54, 1.807) is 0 Å². The summed E-state index contributed by atoms with van der Waals surface area (Å²) in [4.78, 5) is 16.8. The SMILES string of the molecule is Cc1cc(C)cc(NCC(=O)N2CCN(Cc3ccccc3)CC2)c1. The molecular formula is C21H27N3O. The van der Waals surface area contributed by atoms with Crippen molar-refractivity contribution in [2.24, 2.45) is 0 Å². The van der Waals surface area contributed by atoms with Gasteiger partial charge < -0.3 is 10.2 Å². The Balaban J connectivity index is 1.45. The summed E-state index contributed by atoms with van der Waals surface area (Å²) in [6, 6.07) is 16.8.